The summed E-state index contributed by atoms with van der Waals surface area (Å²) in [6.07, 6.45) is 0.791. The van der Waals surface area contributed by atoms with E-state index in [4.69, 9.17) is 9.47 Å². The van der Waals surface area contributed by atoms with E-state index in [9.17, 15) is 4.79 Å². The zero-order valence-electron chi connectivity index (χ0n) is 16.0. The zero-order valence-corrected chi connectivity index (χ0v) is 16.0. The molecule has 0 spiro atoms. The van der Waals surface area contributed by atoms with Crippen LogP contribution in [0.4, 0.5) is 4.79 Å². The van der Waals surface area contributed by atoms with Gasteiger partial charge in [0.25, 0.3) is 0 Å². The Kier molecular flexibility index (Phi) is 8.26. The first-order valence-corrected chi connectivity index (χ1v) is 8.81. The van der Waals surface area contributed by atoms with Crippen molar-refractivity contribution in [3.05, 3.63) is 35.9 Å². The van der Waals surface area contributed by atoms with E-state index >= 15 is 0 Å². The third-order valence-corrected chi connectivity index (χ3v) is 4.19. The third-order valence-electron chi connectivity index (χ3n) is 4.19. The molecule has 1 N–H and O–H groups in total. The molecule has 0 fully saturated rings. The molecule has 0 bridgehead atoms. The fourth-order valence-electron chi connectivity index (χ4n) is 2.50. The van der Waals surface area contributed by atoms with Gasteiger partial charge in [0.05, 0.1) is 12.7 Å². The molecular formula is C20H33NO3. The van der Waals surface area contributed by atoms with Crippen molar-refractivity contribution in [1.29, 1.82) is 0 Å². The van der Waals surface area contributed by atoms with Crippen molar-refractivity contribution >= 4 is 6.09 Å². The van der Waals surface area contributed by atoms with Gasteiger partial charge in [-0.2, -0.15) is 0 Å². The van der Waals surface area contributed by atoms with Crippen molar-refractivity contribution in [2.24, 2.45) is 11.8 Å². The monoisotopic (exact) mass is 335 g/mol. The van der Waals surface area contributed by atoms with Crippen LogP contribution >= 0.6 is 0 Å². The van der Waals surface area contributed by atoms with E-state index in [1.807, 2.05) is 26.8 Å². The van der Waals surface area contributed by atoms with Crippen molar-refractivity contribution in [2.45, 2.75) is 59.7 Å². The van der Waals surface area contributed by atoms with Gasteiger partial charge >= 0.3 is 6.09 Å². The number of amides is 1. The number of nitrogens with one attached hydrogen (secondary N) is 1. The maximum atomic E-state index is 11.6. The van der Waals surface area contributed by atoms with Gasteiger partial charge in [-0.05, 0) is 51.5 Å². The fourth-order valence-corrected chi connectivity index (χ4v) is 2.50. The number of alkyl carbamates (subject to hydrolysis) is 1. The lowest BCUT2D eigenvalue weighted by Gasteiger charge is -2.26. The van der Waals surface area contributed by atoms with E-state index in [0.29, 0.717) is 25.0 Å². The lowest BCUT2D eigenvalue weighted by atomic mass is 9.86. The predicted octanol–water partition coefficient (Wildman–Crippen LogP) is 4.43. The van der Waals surface area contributed by atoms with Crippen LogP contribution in [-0.4, -0.2) is 30.9 Å². The van der Waals surface area contributed by atoms with Gasteiger partial charge in [-0.1, -0.05) is 44.2 Å². The predicted molar refractivity (Wildman–Crippen MR) is 98.1 cm³/mol. The maximum Gasteiger partial charge on any atom is 0.407 e. The molecule has 0 heterocycles. The summed E-state index contributed by atoms with van der Waals surface area (Å²) in [6.45, 7) is 13.1. The Morgan fingerprint density at radius 3 is 2.33 bits per heavy atom. The van der Waals surface area contributed by atoms with Crippen molar-refractivity contribution in [3.63, 3.8) is 0 Å². The van der Waals surface area contributed by atoms with Gasteiger partial charge in [-0.15, -0.1) is 0 Å². The quantitative estimate of drug-likeness (QED) is 0.715. The molecule has 136 valence electrons. The van der Waals surface area contributed by atoms with E-state index in [0.717, 1.165) is 6.42 Å². The van der Waals surface area contributed by atoms with Crippen LogP contribution < -0.4 is 5.32 Å². The van der Waals surface area contributed by atoms with Crippen molar-refractivity contribution in [2.75, 3.05) is 13.2 Å². The molecule has 4 nitrogen and oxygen atoms in total. The van der Waals surface area contributed by atoms with Crippen molar-refractivity contribution in [3.8, 4) is 0 Å². The average Bonchev–Trinajstić information content (AvgIpc) is 2.49. The van der Waals surface area contributed by atoms with Gasteiger partial charge in [0, 0.05) is 6.54 Å². The summed E-state index contributed by atoms with van der Waals surface area (Å²) in [6, 6.07) is 10.5. The minimum atomic E-state index is -0.473. The van der Waals surface area contributed by atoms with Gasteiger partial charge in [0.1, 0.15) is 5.60 Å². The van der Waals surface area contributed by atoms with Crippen LogP contribution in [0.15, 0.2) is 30.3 Å². The zero-order chi connectivity index (χ0) is 18.2. The van der Waals surface area contributed by atoms with Crippen LogP contribution in [0.25, 0.3) is 0 Å². The second kappa shape index (κ2) is 9.67. The molecule has 4 heteroatoms. The van der Waals surface area contributed by atoms with Gasteiger partial charge in [-0.3, -0.25) is 0 Å². The second-order valence-electron chi connectivity index (χ2n) is 7.53. The molecule has 0 aromatic heterocycles. The third kappa shape index (κ3) is 8.34. The Morgan fingerprint density at radius 2 is 1.75 bits per heavy atom. The lowest BCUT2D eigenvalue weighted by molar-refractivity contribution is 0.0122. The largest absolute Gasteiger partial charge is 0.444 e. The van der Waals surface area contributed by atoms with E-state index in [1.165, 1.54) is 5.56 Å². The summed E-state index contributed by atoms with van der Waals surface area (Å²) in [5.41, 5.74) is 0.884. The second-order valence-corrected chi connectivity index (χ2v) is 7.53. The molecular weight excluding hydrogens is 302 g/mol. The highest BCUT2D eigenvalue weighted by molar-refractivity contribution is 5.67. The number of hydrogen-bond acceptors (Lipinski definition) is 3. The molecule has 3 atom stereocenters. The molecule has 0 aliphatic rings. The Balaban J connectivity index is 2.26. The molecule has 1 aromatic rings. The number of carbonyl (C=O) groups excluding carboxylic acids is 1. The van der Waals surface area contributed by atoms with Crippen LogP contribution in [0.1, 0.15) is 47.1 Å². The van der Waals surface area contributed by atoms with E-state index < -0.39 is 11.7 Å². The molecule has 0 radical (unpaired) electrons. The first-order chi connectivity index (χ1) is 11.2. The molecule has 1 aromatic carbocycles. The molecule has 1 rings (SSSR count). The molecule has 24 heavy (non-hydrogen) atoms. The van der Waals surface area contributed by atoms with Crippen LogP contribution in [0.3, 0.4) is 0 Å². The molecule has 1 unspecified atom stereocenters. The Bertz CT molecular complexity index is 481. The average molecular weight is 335 g/mol. The Labute approximate surface area is 146 Å². The molecule has 0 aliphatic carbocycles. The fraction of sp³-hybridized carbons (Fsp3) is 0.650. The summed E-state index contributed by atoms with van der Waals surface area (Å²) in [5.74, 6) is 0.966. The number of benzene rings is 1. The van der Waals surface area contributed by atoms with Gasteiger partial charge < -0.3 is 14.8 Å². The van der Waals surface area contributed by atoms with Crippen LogP contribution in [-0.2, 0) is 15.9 Å². The summed E-state index contributed by atoms with van der Waals surface area (Å²) in [7, 11) is 0. The molecule has 0 aliphatic heterocycles. The van der Waals surface area contributed by atoms with Crippen molar-refractivity contribution in [1.82, 2.24) is 5.32 Å². The number of ether oxygens (including phenoxy) is 2. The highest BCUT2D eigenvalue weighted by Gasteiger charge is 2.20. The Hall–Kier alpha value is -1.55. The lowest BCUT2D eigenvalue weighted by Crippen LogP contribution is -2.35. The molecule has 0 saturated carbocycles. The number of carbonyl (C=O) groups is 1. The first kappa shape index (κ1) is 20.5. The normalized spacial score (nSPS) is 15.4. The summed E-state index contributed by atoms with van der Waals surface area (Å²) < 4.78 is 11.1. The smallest absolute Gasteiger partial charge is 0.407 e. The highest BCUT2D eigenvalue weighted by Crippen LogP contribution is 2.21. The maximum absolute atomic E-state index is 11.6. The molecule has 1 amide bonds. The van der Waals surface area contributed by atoms with E-state index in [2.05, 4.69) is 50.4 Å². The standard InChI is InChI=1S/C20H33NO3/c1-15(14-18-10-8-7-9-11-18)16(2)17(3)23-13-12-21-19(22)24-20(4,5)6/h7-11,15-17H,12-14H2,1-6H3,(H,21,22)/t15?,16-,17-/m0/s1. The molecule has 0 saturated heterocycles. The summed E-state index contributed by atoms with van der Waals surface area (Å²) in [4.78, 5) is 11.6. The van der Waals surface area contributed by atoms with Crippen LogP contribution in [0.2, 0.25) is 0 Å². The summed E-state index contributed by atoms with van der Waals surface area (Å²) >= 11 is 0. The number of hydrogen-bond donors (Lipinski definition) is 1. The summed E-state index contributed by atoms with van der Waals surface area (Å²) in [5, 5.41) is 2.72. The SMILES string of the molecule is CC(Cc1ccccc1)[C@H](C)[C@H](C)OCCNC(=O)OC(C)(C)C. The van der Waals surface area contributed by atoms with Gasteiger partial charge in [-0.25, -0.2) is 4.79 Å². The minimum Gasteiger partial charge on any atom is -0.444 e. The van der Waals surface area contributed by atoms with Gasteiger partial charge in [0.15, 0.2) is 0 Å². The topological polar surface area (TPSA) is 47.6 Å². The Morgan fingerprint density at radius 1 is 1.12 bits per heavy atom. The van der Waals surface area contributed by atoms with Crippen LogP contribution in [0.5, 0.6) is 0 Å². The van der Waals surface area contributed by atoms with E-state index in [-0.39, 0.29) is 6.10 Å². The van der Waals surface area contributed by atoms with Gasteiger partial charge in [0.2, 0.25) is 0 Å². The highest BCUT2D eigenvalue weighted by atomic mass is 16.6. The minimum absolute atomic E-state index is 0.143. The first-order valence-electron chi connectivity index (χ1n) is 8.81. The van der Waals surface area contributed by atoms with Crippen molar-refractivity contribution < 1.29 is 14.3 Å². The van der Waals surface area contributed by atoms with Crippen LogP contribution in [0, 0.1) is 11.8 Å². The van der Waals surface area contributed by atoms with E-state index in [1.54, 1.807) is 0 Å². The number of rotatable bonds is 8.